The average Bonchev–Trinajstić information content (AvgIpc) is 2.71. The fraction of sp³-hybridized carbons (Fsp3) is 0.364. The summed E-state index contributed by atoms with van der Waals surface area (Å²) in [5.41, 5.74) is 1.70. The summed E-state index contributed by atoms with van der Waals surface area (Å²) >= 11 is 0. The van der Waals surface area contributed by atoms with Gasteiger partial charge in [0.25, 0.3) is 0 Å². The Balaban J connectivity index is 2.40. The zero-order chi connectivity index (χ0) is 11.4. The van der Waals surface area contributed by atoms with E-state index in [0.717, 1.165) is 29.9 Å². The molecule has 2 aromatic rings. The van der Waals surface area contributed by atoms with Crippen LogP contribution in [-0.2, 0) is 6.54 Å². The Bertz CT molecular complexity index is 488. The number of hydrogen-bond acceptors (Lipinski definition) is 4. The van der Waals surface area contributed by atoms with Crippen LogP contribution in [-0.4, -0.2) is 26.1 Å². The summed E-state index contributed by atoms with van der Waals surface area (Å²) in [6, 6.07) is 0. The predicted molar refractivity (Wildman–Crippen MR) is 64.3 cm³/mol. The van der Waals surface area contributed by atoms with Crippen LogP contribution in [0.3, 0.4) is 0 Å². The van der Waals surface area contributed by atoms with Gasteiger partial charge in [-0.3, -0.25) is 0 Å². The Morgan fingerprint density at radius 2 is 2.31 bits per heavy atom. The summed E-state index contributed by atoms with van der Waals surface area (Å²) in [7, 11) is 0. The Kier molecular flexibility index (Phi) is 3.14. The monoisotopic (exact) mass is 217 g/mol. The van der Waals surface area contributed by atoms with Crippen molar-refractivity contribution < 1.29 is 0 Å². The molecule has 0 saturated heterocycles. The molecule has 2 heterocycles. The van der Waals surface area contributed by atoms with Gasteiger partial charge in [-0.25, -0.2) is 15.0 Å². The topological polar surface area (TPSA) is 55.6 Å². The smallest absolute Gasteiger partial charge is 0.165 e. The molecule has 0 unspecified atom stereocenters. The highest BCUT2D eigenvalue weighted by atomic mass is 15.1. The molecule has 0 bridgehead atoms. The van der Waals surface area contributed by atoms with Gasteiger partial charge >= 0.3 is 0 Å². The molecule has 1 N–H and O–H groups in total. The number of aryl methyl sites for hydroxylation is 1. The minimum absolute atomic E-state index is 0.673. The highest BCUT2D eigenvalue weighted by Gasteiger charge is 2.08. The number of rotatable bonds is 5. The van der Waals surface area contributed by atoms with Crippen molar-refractivity contribution in [2.75, 3.05) is 11.9 Å². The van der Waals surface area contributed by atoms with Crippen LogP contribution >= 0.6 is 0 Å². The lowest BCUT2D eigenvalue weighted by molar-refractivity contribution is 0.691. The van der Waals surface area contributed by atoms with E-state index in [1.165, 1.54) is 0 Å². The lowest BCUT2D eigenvalue weighted by atomic mass is 10.4. The van der Waals surface area contributed by atoms with Crippen LogP contribution in [0.5, 0.6) is 0 Å². The van der Waals surface area contributed by atoms with Crippen molar-refractivity contribution in [1.82, 2.24) is 19.5 Å². The van der Waals surface area contributed by atoms with Crippen LogP contribution in [0.1, 0.15) is 13.3 Å². The van der Waals surface area contributed by atoms with Crippen molar-refractivity contribution >= 4 is 17.0 Å². The van der Waals surface area contributed by atoms with Crippen molar-refractivity contribution in [3.63, 3.8) is 0 Å². The van der Waals surface area contributed by atoms with E-state index in [0.29, 0.717) is 6.54 Å². The van der Waals surface area contributed by atoms with Crippen LogP contribution < -0.4 is 5.32 Å². The lowest BCUT2D eigenvalue weighted by Crippen LogP contribution is -2.02. The lowest BCUT2D eigenvalue weighted by Gasteiger charge is -2.03. The first-order chi connectivity index (χ1) is 7.86. The third-order valence-corrected chi connectivity index (χ3v) is 2.28. The largest absolute Gasteiger partial charge is 0.365 e. The fourth-order valence-corrected chi connectivity index (χ4v) is 1.58. The maximum Gasteiger partial charge on any atom is 0.165 e. The fourth-order valence-electron chi connectivity index (χ4n) is 1.58. The van der Waals surface area contributed by atoms with E-state index in [9.17, 15) is 0 Å². The number of hydrogen-bond donors (Lipinski definition) is 1. The van der Waals surface area contributed by atoms with Gasteiger partial charge in [-0.2, -0.15) is 0 Å². The van der Waals surface area contributed by atoms with Gasteiger partial charge in [0.15, 0.2) is 11.5 Å². The number of nitrogens with one attached hydrogen (secondary N) is 1. The minimum Gasteiger partial charge on any atom is -0.365 e. The van der Waals surface area contributed by atoms with Crippen LogP contribution in [0.15, 0.2) is 25.3 Å². The Hall–Kier alpha value is -1.91. The Morgan fingerprint density at radius 1 is 1.44 bits per heavy atom. The molecule has 0 aliphatic heterocycles. The average molecular weight is 217 g/mol. The third kappa shape index (κ3) is 1.88. The van der Waals surface area contributed by atoms with Crippen molar-refractivity contribution in [3.8, 4) is 0 Å². The summed E-state index contributed by atoms with van der Waals surface area (Å²) in [6.45, 7) is 7.39. The summed E-state index contributed by atoms with van der Waals surface area (Å²) < 4.78 is 2.04. The quantitative estimate of drug-likeness (QED) is 0.776. The number of imidazole rings is 1. The van der Waals surface area contributed by atoms with Crippen LogP contribution in [0, 0.1) is 0 Å². The standard InChI is InChI=1S/C11H15N5/c1-3-5-12-10-9-11(14-7-13-10)16(6-4-2)8-15-9/h3,7-8H,1,4-6H2,2H3,(H,12,13,14). The van der Waals surface area contributed by atoms with Crippen LogP contribution in [0.25, 0.3) is 11.2 Å². The van der Waals surface area contributed by atoms with Crippen molar-refractivity contribution in [2.45, 2.75) is 19.9 Å². The number of fused-ring (bicyclic) bond motifs is 1. The molecular weight excluding hydrogens is 202 g/mol. The summed E-state index contributed by atoms with van der Waals surface area (Å²) in [6.07, 6.45) is 6.21. The summed E-state index contributed by atoms with van der Waals surface area (Å²) in [5, 5.41) is 3.15. The molecule has 16 heavy (non-hydrogen) atoms. The van der Waals surface area contributed by atoms with Crippen molar-refractivity contribution in [2.24, 2.45) is 0 Å². The molecular formula is C11H15N5. The zero-order valence-electron chi connectivity index (χ0n) is 9.35. The molecule has 0 saturated carbocycles. The molecule has 0 aliphatic rings. The SMILES string of the molecule is C=CCNc1ncnc2c1ncn2CCC. The summed E-state index contributed by atoms with van der Waals surface area (Å²) in [4.78, 5) is 12.8. The van der Waals surface area contributed by atoms with Crippen molar-refractivity contribution in [3.05, 3.63) is 25.3 Å². The molecule has 0 atom stereocenters. The molecule has 0 radical (unpaired) electrons. The van der Waals surface area contributed by atoms with Gasteiger partial charge in [0.05, 0.1) is 6.33 Å². The molecule has 2 aromatic heterocycles. The minimum atomic E-state index is 0.673. The van der Waals surface area contributed by atoms with E-state index in [1.807, 2.05) is 10.9 Å². The number of aromatic nitrogens is 4. The van der Waals surface area contributed by atoms with E-state index in [4.69, 9.17) is 0 Å². The second kappa shape index (κ2) is 4.74. The molecule has 84 valence electrons. The van der Waals surface area contributed by atoms with Crippen molar-refractivity contribution in [1.29, 1.82) is 0 Å². The maximum absolute atomic E-state index is 4.33. The highest BCUT2D eigenvalue weighted by Crippen LogP contribution is 2.17. The van der Waals surface area contributed by atoms with E-state index >= 15 is 0 Å². The number of nitrogens with zero attached hydrogens (tertiary/aromatic N) is 4. The zero-order valence-corrected chi connectivity index (χ0v) is 9.35. The maximum atomic E-state index is 4.33. The highest BCUT2D eigenvalue weighted by molar-refractivity contribution is 5.82. The first-order valence-electron chi connectivity index (χ1n) is 5.37. The summed E-state index contributed by atoms with van der Waals surface area (Å²) in [5.74, 6) is 0.764. The second-order valence-corrected chi connectivity index (χ2v) is 3.50. The van der Waals surface area contributed by atoms with E-state index in [-0.39, 0.29) is 0 Å². The Morgan fingerprint density at radius 3 is 3.06 bits per heavy atom. The van der Waals surface area contributed by atoms with Crippen LogP contribution in [0.2, 0.25) is 0 Å². The van der Waals surface area contributed by atoms with Crippen LogP contribution in [0.4, 0.5) is 5.82 Å². The van der Waals surface area contributed by atoms with Gasteiger partial charge in [-0.15, -0.1) is 6.58 Å². The first-order valence-corrected chi connectivity index (χ1v) is 5.37. The van der Waals surface area contributed by atoms with E-state index in [1.54, 1.807) is 12.4 Å². The molecule has 2 rings (SSSR count). The van der Waals surface area contributed by atoms with Gasteiger partial charge in [0.1, 0.15) is 11.8 Å². The number of anilines is 1. The van der Waals surface area contributed by atoms with Gasteiger partial charge in [0.2, 0.25) is 0 Å². The molecule has 0 fully saturated rings. The van der Waals surface area contributed by atoms with E-state index < -0.39 is 0 Å². The second-order valence-electron chi connectivity index (χ2n) is 3.50. The molecule has 0 aliphatic carbocycles. The van der Waals surface area contributed by atoms with Gasteiger partial charge in [-0.05, 0) is 6.42 Å². The Labute approximate surface area is 94.2 Å². The molecule has 5 heteroatoms. The third-order valence-electron chi connectivity index (χ3n) is 2.28. The van der Waals surface area contributed by atoms with Gasteiger partial charge in [-0.1, -0.05) is 13.0 Å². The normalized spacial score (nSPS) is 10.6. The molecule has 5 nitrogen and oxygen atoms in total. The van der Waals surface area contributed by atoms with Gasteiger partial charge in [0, 0.05) is 13.1 Å². The molecule has 0 amide bonds. The predicted octanol–water partition coefficient (Wildman–Crippen LogP) is 1.83. The van der Waals surface area contributed by atoms with Gasteiger partial charge < -0.3 is 9.88 Å². The molecule has 0 aromatic carbocycles. The first kappa shape index (κ1) is 10.6. The van der Waals surface area contributed by atoms with E-state index in [2.05, 4.69) is 33.8 Å². The molecule has 0 spiro atoms.